The molecule has 0 radical (unpaired) electrons. The van der Waals surface area contributed by atoms with Gasteiger partial charge in [0.05, 0.1) is 5.56 Å². The van der Waals surface area contributed by atoms with Crippen LogP contribution in [0.4, 0.5) is 26.3 Å². The van der Waals surface area contributed by atoms with Crippen molar-refractivity contribution in [3.63, 3.8) is 0 Å². The van der Waals surface area contributed by atoms with Gasteiger partial charge in [-0.15, -0.1) is 0 Å². The zero-order chi connectivity index (χ0) is 18.1. The number of rotatable bonds is 5. The lowest BCUT2D eigenvalue weighted by atomic mass is 9.98. The van der Waals surface area contributed by atoms with Gasteiger partial charge in [0.15, 0.2) is 0 Å². The van der Waals surface area contributed by atoms with E-state index in [1.165, 1.54) is 0 Å². The molecule has 0 unspecified atom stereocenters. The molecular weight excluding hydrogens is 334 g/mol. The molecule has 0 heterocycles. The summed E-state index contributed by atoms with van der Waals surface area (Å²) in [5.74, 6) is -5.37. The highest BCUT2D eigenvalue weighted by Crippen LogP contribution is 2.36. The molecule has 2 rings (SSSR count). The molecule has 0 amide bonds. The van der Waals surface area contributed by atoms with Gasteiger partial charge in [0.1, 0.15) is 28.8 Å². The molecule has 130 valence electrons. The van der Waals surface area contributed by atoms with Crippen molar-refractivity contribution in [2.45, 2.75) is 25.9 Å². The third kappa shape index (κ3) is 3.40. The van der Waals surface area contributed by atoms with Crippen molar-refractivity contribution in [2.24, 2.45) is 0 Å². The predicted octanol–water partition coefficient (Wildman–Crippen LogP) is 5.56. The minimum absolute atomic E-state index is 0.389. The summed E-state index contributed by atoms with van der Waals surface area (Å²) in [7, 11) is 0.582. The minimum atomic E-state index is -4.20. The topological polar surface area (TPSA) is 9.23 Å². The van der Waals surface area contributed by atoms with Crippen LogP contribution in [0.1, 0.15) is 24.5 Å². The molecule has 0 saturated carbocycles. The first-order valence-corrected chi connectivity index (χ1v) is 7.12. The van der Waals surface area contributed by atoms with Gasteiger partial charge in [-0.05, 0) is 41.8 Å². The summed E-state index contributed by atoms with van der Waals surface area (Å²) in [6.07, 6.45) is -3.12. The van der Waals surface area contributed by atoms with E-state index in [1.807, 2.05) is 6.92 Å². The fourth-order valence-electron chi connectivity index (χ4n) is 2.43. The van der Waals surface area contributed by atoms with Crippen LogP contribution in [0.2, 0.25) is 0 Å². The number of halogens is 6. The third-order valence-corrected chi connectivity index (χ3v) is 3.52. The summed E-state index contributed by atoms with van der Waals surface area (Å²) < 4.78 is 86.6. The lowest BCUT2D eigenvalue weighted by Gasteiger charge is -2.17. The van der Waals surface area contributed by atoms with Crippen molar-refractivity contribution in [3.8, 4) is 11.1 Å². The normalized spacial score (nSPS) is 11.8. The Morgan fingerprint density at radius 3 is 1.79 bits per heavy atom. The molecule has 0 saturated heterocycles. The van der Waals surface area contributed by atoms with Crippen LogP contribution < -0.4 is 0 Å². The van der Waals surface area contributed by atoms with E-state index < -0.39 is 46.1 Å². The first-order valence-electron chi connectivity index (χ1n) is 7.12. The Bertz CT molecular complexity index is 711. The Balaban J connectivity index is 2.59. The Morgan fingerprint density at radius 1 is 0.875 bits per heavy atom. The quantitative estimate of drug-likeness (QED) is 0.643. The van der Waals surface area contributed by atoms with E-state index in [0.717, 1.165) is 12.1 Å². The van der Waals surface area contributed by atoms with Crippen LogP contribution in [0.15, 0.2) is 24.3 Å². The van der Waals surface area contributed by atoms with Gasteiger partial charge in [0.25, 0.3) is 0 Å². The molecule has 0 aromatic heterocycles. The van der Waals surface area contributed by atoms with Gasteiger partial charge in [0.2, 0.25) is 0 Å². The highest BCUT2D eigenvalue weighted by molar-refractivity contribution is 5.66. The number of benzene rings is 2. The molecule has 0 fully saturated rings. The molecule has 0 aliphatic heterocycles. The van der Waals surface area contributed by atoms with Crippen LogP contribution >= 0.6 is 0 Å². The van der Waals surface area contributed by atoms with Crippen molar-refractivity contribution in [3.05, 3.63) is 58.7 Å². The smallest absolute Gasteiger partial charge is 0.320 e. The number of hydrogen-bond donors (Lipinski definition) is 0. The van der Waals surface area contributed by atoms with Crippen molar-refractivity contribution in [2.75, 3.05) is 7.11 Å². The first kappa shape index (κ1) is 18.3. The molecule has 1 nitrogen and oxygen atoms in total. The largest absolute Gasteiger partial charge is 0.388 e. The Labute approximate surface area is 134 Å². The average molecular weight is 348 g/mol. The van der Waals surface area contributed by atoms with Crippen LogP contribution in [0.3, 0.4) is 0 Å². The van der Waals surface area contributed by atoms with Gasteiger partial charge in [0, 0.05) is 7.11 Å². The van der Waals surface area contributed by atoms with E-state index in [0.29, 0.717) is 37.6 Å². The SMILES string of the molecule is CCCc1cc(F)c(-c2cc(F)c(C(F)(F)OC)c(F)c2)c(F)c1. The average Bonchev–Trinajstić information content (AvgIpc) is 2.45. The van der Waals surface area contributed by atoms with Gasteiger partial charge in [-0.3, -0.25) is 0 Å². The molecule has 0 spiro atoms. The Kier molecular flexibility index (Phi) is 5.22. The fourth-order valence-corrected chi connectivity index (χ4v) is 2.43. The number of methoxy groups -OCH3 is 1. The van der Waals surface area contributed by atoms with Crippen molar-refractivity contribution < 1.29 is 31.1 Å². The number of hydrogen-bond acceptors (Lipinski definition) is 1. The highest BCUT2D eigenvalue weighted by Gasteiger charge is 2.38. The van der Waals surface area contributed by atoms with Crippen LogP contribution in [-0.4, -0.2) is 7.11 Å². The molecule has 0 bridgehead atoms. The Morgan fingerprint density at radius 2 is 1.38 bits per heavy atom. The maximum atomic E-state index is 14.1. The molecule has 0 aliphatic carbocycles. The lowest BCUT2D eigenvalue weighted by Crippen LogP contribution is -2.20. The summed E-state index contributed by atoms with van der Waals surface area (Å²) in [5.41, 5.74) is -2.42. The van der Waals surface area contributed by atoms with E-state index in [2.05, 4.69) is 4.74 Å². The number of ether oxygens (including phenoxy) is 1. The fraction of sp³-hybridized carbons (Fsp3) is 0.294. The van der Waals surface area contributed by atoms with E-state index in [1.54, 1.807) is 0 Å². The molecule has 0 atom stereocenters. The third-order valence-electron chi connectivity index (χ3n) is 3.52. The summed E-state index contributed by atoms with van der Waals surface area (Å²) in [6.45, 7) is 1.82. The minimum Gasteiger partial charge on any atom is -0.320 e. The maximum Gasteiger partial charge on any atom is 0.388 e. The van der Waals surface area contributed by atoms with E-state index in [-0.39, 0.29) is 0 Å². The second-order valence-electron chi connectivity index (χ2n) is 5.22. The van der Waals surface area contributed by atoms with Crippen LogP contribution in [-0.2, 0) is 17.3 Å². The molecule has 2 aromatic carbocycles. The zero-order valence-corrected chi connectivity index (χ0v) is 12.9. The Hall–Kier alpha value is -2.02. The van der Waals surface area contributed by atoms with Crippen molar-refractivity contribution >= 4 is 0 Å². The van der Waals surface area contributed by atoms with Gasteiger partial charge in [-0.1, -0.05) is 13.3 Å². The highest BCUT2D eigenvalue weighted by atomic mass is 19.3. The molecule has 7 heteroatoms. The second-order valence-corrected chi connectivity index (χ2v) is 5.22. The number of alkyl halides is 2. The van der Waals surface area contributed by atoms with Crippen LogP contribution in [0, 0.1) is 23.3 Å². The molecular formula is C17H14F6O. The molecule has 0 N–H and O–H groups in total. The second kappa shape index (κ2) is 6.84. The van der Waals surface area contributed by atoms with Crippen LogP contribution in [0.5, 0.6) is 0 Å². The predicted molar refractivity (Wildman–Crippen MR) is 76.6 cm³/mol. The van der Waals surface area contributed by atoms with E-state index in [9.17, 15) is 26.3 Å². The lowest BCUT2D eigenvalue weighted by molar-refractivity contribution is -0.235. The summed E-state index contributed by atoms with van der Waals surface area (Å²) >= 11 is 0. The van der Waals surface area contributed by atoms with E-state index in [4.69, 9.17) is 0 Å². The number of aryl methyl sites for hydroxylation is 1. The zero-order valence-electron chi connectivity index (χ0n) is 12.9. The maximum absolute atomic E-state index is 14.1. The monoisotopic (exact) mass is 348 g/mol. The molecule has 2 aromatic rings. The van der Waals surface area contributed by atoms with Gasteiger partial charge >= 0.3 is 6.11 Å². The standard InChI is InChI=1S/C17H14F6O/c1-3-4-9-5-11(18)15(12(19)6-9)10-7-13(20)16(14(21)8-10)17(22,23)24-2/h5-8H,3-4H2,1-2H3. The molecule has 0 aliphatic rings. The summed E-state index contributed by atoms with van der Waals surface area (Å²) in [5, 5.41) is 0. The summed E-state index contributed by atoms with van der Waals surface area (Å²) in [6, 6.07) is 3.00. The van der Waals surface area contributed by atoms with Crippen molar-refractivity contribution in [1.29, 1.82) is 0 Å². The van der Waals surface area contributed by atoms with Gasteiger partial charge < -0.3 is 4.74 Å². The van der Waals surface area contributed by atoms with Crippen LogP contribution in [0.25, 0.3) is 11.1 Å². The molecule has 24 heavy (non-hydrogen) atoms. The summed E-state index contributed by atoms with van der Waals surface area (Å²) in [4.78, 5) is 0. The first-order chi connectivity index (χ1) is 11.2. The van der Waals surface area contributed by atoms with Gasteiger partial charge in [-0.25, -0.2) is 17.6 Å². The van der Waals surface area contributed by atoms with Gasteiger partial charge in [-0.2, -0.15) is 8.78 Å². The van der Waals surface area contributed by atoms with Crippen molar-refractivity contribution in [1.82, 2.24) is 0 Å². The van der Waals surface area contributed by atoms with E-state index >= 15 is 0 Å².